The number of benzene rings is 2. The van der Waals surface area contributed by atoms with E-state index >= 15 is 0 Å². The van der Waals surface area contributed by atoms with E-state index in [1.165, 1.54) is 18.2 Å². The average Bonchev–Trinajstić information content (AvgIpc) is 2.98. The van der Waals surface area contributed by atoms with Crippen molar-refractivity contribution in [1.29, 1.82) is 0 Å². The fourth-order valence-corrected chi connectivity index (χ4v) is 3.34. The lowest BCUT2D eigenvalue weighted by atomic mass is 9.90. The van der Waals surface area contributed by atoms with Gasteiger partial charge in [0.2, 0.25) is 0 Å². The minimum Gasteiger partial charge on any atom is -0.338 e. The maximum absolute atomic E-state index is 14.6. The molecule has 3 nitrogen and oxygen atoms in total. The van der Waals surface area contributed by atoms with Gasteiger partial charge >= 0.3 is 0 Å². The van der Waals surface area contributed by atoms with Crippen LogP contribution in [0.25, 0.3) is 11.1 Å². The Labute approximate surface area is 158 Å². The average molecular weight is 381 g/mol. The zero-order valence-corrected chi connectivity index (χ0v) is 15.7. The topological polar surface area (TPSA) is 46.3 Å². The molecule has 0 bridgehead atoms. The quantitative estimate of drug-likeness (QED) is 0.868. The summed E-state index contributed by atoms with van der Waals surface area (Å²) >= 11 is 0. The van der Waals surface area contributed by atoms with Crippen LogP contribution in [0.5, 0.6) is 0 Å². The first-order valence-electron chi connectivity index (χ1n) is 8.38. The van der Waals surface area contributed by atoms with Crippen molar-refractivity contribution in [1.82, 2.24) is 4.90 Å². The largest absolute Gasteiger partial charge is 0.338 e. The number of nitrogens with two attached hydrogens (primary N) is 1. The summed E-state index contributed by atoms with van der Waals surface area (Å²) in [6.45, 7) is 5.53. The molecule has 0 aromatic heterocycles. The molecule has 1 unspecified atom stereocenters. The van der Waals surface area contributed by atoms with Crippen molar-refractivity contribution >= 4 is 18.3 Å². The van der Waals surface area contributed by atoms with Gasteiger partial charge in [-0.1, -0.05) is 19.1 Å². The molecule has 1 heterocycles. The second kappa shape index (κ2) is 7.72. The zero-order valence-electron chi connectivity index (χ0n) is 14.9. The number of hydrogen-bond donors (Lipinski definition) is 1. The summed E-state index contributed by atoms with van der Waals surface area (Å²) in [5.74, 6) is -1.02. The van der Waals surface area contributed by atoms with Crippen LogP contribution in [0.3, 0.4) is 0 Å². The number of aryl methyl sites for hydroxylation is 1. The Balaban J connectivity index is 0.00000243. The van der Waals surface area contributed by atoms with Crippen molar-refractivity contribution in [2.45, 2.75) is 20.3 Å². The van der Waals surface area contributed by atoms with E-state index < -0.39 is 5.82 Å². The first-order valence-corrected chi connectivity index (χ1v) is 8.38. The molecule has 2 aromatic carbocycles. The Morgan fingerprint density at radius 1 is 1.19 bits per heavy atom. The highest BCUT2D eigenvalue weighted by Gasteiger charge is 2.35. The lowest BCUT2D eigenvalue weighted by molar-refractivity contribution is 0.0776. The van der Waals surface area contributed by atoms with Crippen molar-refractivity contribution in [3.05, 3.63) is 59.2 Å². The van der Waals surface area contributed by atoms with Gasteiger partial charge in [0, 0.05) is 24.2 Å². The van der Waals surface area contributed by atoms with Crippen LogP contribution in [0.2, 0.25) is 0 Å². The third kappa shape index (κ3) is 3.89. The van der Waals surface area contributed by atoms with Crippen LogP contribution in [0.4, 0.5) is 8.78 Å². The van der Waals surface area contributed by atoms with Gasteiger partial charge in [0.1, 0.15) is 11.6 Å². The molecule has 140 valence electrons. The first-order chi connectivity index (χ1) is 11.8. The zero-order chi connectivity index (χ0) is 18.2. The van der Waals surface area contributed by atoms with Gasteiger partial charge in [0.25, 0.3) is 5.91 Å². The highest BCUT2D eigenvalue weighted by atomic mass is 35.5. The Morgan fingerprint density at radius 3 is 2.46 bits per heavy atom. The van der Waals surface area contributed by atoms with Crippen LogP contribution >= 0.6 is 12.4 Å². The molecule has 26 heavy (non-hydrogen) atoms. The maximum Gasteiger partial charge on any atom is 0.253 e. The predicted molar refractivity (Wildman–Crippen MR) is 101 cm³/mol. The standard InChI is InChI=1S/C20H22F2N2O.ClH/c1-13-9-15(21)4-6-16(13)17-5-3-14(10-18(17)22)19(25)24-8-7-20(2,11-23)12-24;/h3-6,9-10H,7-8,11-12,23H2,1-2H3;1H. The molecule has 0 spiro atoms. The Hall–Kier alpha value is -1.98. The van der Waals surface area contributed by atoms with E-state index in [9.17, 15) is 13.6 Å². The van der Waals surface area contributed by atoms with Crippen molar-refractivity contribution in [2.75, 3.05) is 19.6 Å². The molecular weight excluding hydrogens is 358 g/mol. The van der Waals surface area contributed by atoms with Crippen LogP contribution in [0, 0.1) is 24.0 Å². The minimum atomic E-state index is -0.485. The summed E-state index contributed by atoms with van der Waals surface area (Å²) in [5, 5.41) is 0. The fourth-order valence-electron chi connectivity index (χ4n) is 3.34. The summed E-state index contributed by atoms with van der Waals surface area (Å²) in [5.41, 5.74) is 7.66. The predicted octanol–water partition coefficient (Wildman–Crippen LogP) is 4.17. The minimum absolute atomic E-state index is 0. The van der Waals surface area contributed by atoms with Crippen LogP contribution in [-0.2, 0) is 0 Å². The fraction of sp³-hybridized carbons (Fsp3) is 0.350. The van der Waals surface area contributed by atoms with E-state index in [0.29, 0.717) is 41.9 Å². The molecule has 3 rings (SSSR count). The molecule has 2 N–H and O–H groups in total. The van der Waals surface area contributed by atoms with Gasteiger partial charge in [-0.25, -0.2) is 8.78 Å². The normalized spacial score (nSPS) is 19.3. The molecule has 2 aromatic rings. The summed E-state index contributed by atoms with van der Waals surface area (Å²) in [7, 11) is 0. The van der Waals surface area contributed by atoms with Crippen molar-refractivity contribution in [2.24, 2.45) is 11.1 Å². The maximum atomic E-state index is 14.6. The molecule has 1 saturated heterocycles. The number of rotatable bonds is 3. The van der Waals surface area contributed by atoms with Gasteiger partial charge in [-0.15, -0.1) is 12.4 Å². The summed E-state index contributed by atoms with van der Waals surface area (Å²) < 4.78 is 27.8. The van der Waals surface area contributed by atoms with Crippen LogP contribution in [0.15, 0.2) is 36.4 Å². The highest BCUT2D eigenvalue weighted by molar-refractivity contribution is 5.95. The highest BCUT2D eigenvalue weighted by Crippen LogP contribution is 2.31. The molecular formula is C20H23ClF2N2O. The van der Waals surface area contributed by atoms with Gasteiger partial charge in [0.15, 0.2) is 0 Å². The van der Waals surface area contributed by atoms with E-state index in [-0.39, 0.29) is 29.5 Å². The van der Waals surface area contributed by atoms with Gasteiger partial charge in [-0.2, -0.15) is 0 Å². The number of carbonyl (C=O) groups excluding carboxylic acids is 1. The third-order valence-corrected chi connectivity index (χ3v) is 5.03. The number of nitrogens with zero attached hydrogens (tertiary/aromatic N) is 1. The van der Waals surface area contributed by atoms with Gasteiger partial charge in [-0.05, 0) is 60.7 Å². The first kappa shape index (κ1) is 20.3. The van der Waals surface area contributed by atoms with Crippen LogP contribution < -0.4 is 5.73 Å². The Kier molecular flexibility index (Phi) is 6.04. The van der Waals surface area contributed by atoms with E-state index in [4.69, 9.17) is 5.73 Å². The van der Waals surface area contributed by atoms with Crippen LogP contribution in [-0.4, -0.2) is 30.4 Å². The van der Waals surface area contributed by atoms with Gasteiger partial charge in [0.05, 0.1) is 0 Å². The van der Waals surface area contributed by atoms with Crippen molar-refractivity contribution < 1.29 is 13.6 Å². The van der Waals surface area contributed by atoms with E-state index in [0.717, 1.165) is 6.42 Å². The summed E-state index contributed by atoms with van der Waals surface area (Å²) in [6, 6.07) is 8.70. The number of likely N-dealkylation sites (tertiary alicyclic amines) is 1. The SMILES string of the molecule is Cc1cc(F)ccc1-c1ccc(C(=O)N2CCC(C)(CN)C2)cc1F.Cl. The number of carbonyl (C=O) groups is 1. The second-order valence-electron chi connectivity index (χ2n) is 7.15. The molecule has 1 aliphatic heterocycles. The van der Waals surface area contributed by atoms with E-state index in [1.54, 1.807) is 30.0 Å². The smallest absolute Gasteiger partial charge is 0.253 e. The summed E-state index contributed by atoms with van der Waals surface area (Å²) in [6.07, 6.45) is 0.852. The lowest BCUT2D eigenvalue weighted by Gasteiger charge is -2.22. The third-order valence-electron chi connectivity index (χ3n) is 5.03. The molecule has 0 aliphatic carbocycles. The summed E-state index contributed by atoms with van der Waals surface area (Å²) in [4.78, 5) is 14.4. The monoisotopic (exact) mass is 380 g/mol. The molecule has 1 amide bonds. The molecule has 1 aliphatic rings. The van der Waals surface area contributed by atoms with Crippen LogP contribution in [0.1, 0.15) is 29.3 Å². The molecule has 1 atom stereocenters. The van der Waals surface area contributed by atoms with E-state index in [2.05, 4.69) is 6.92 Å². The number of halogens is 3. The molecule has 1 fully saturated rings. The number of amides is 1. The molecule has 0 radical (unpaired) electrons. The van der Waals surface area contributed by atoms with Gasteiger partial charge in [-0.3, -0.25) is 4.79 Å². The Morgan fingerprint density at radius 2 is 1.88 bits per heavy atom. The Bertz CT molecular complexity index is 827. The lowest BCUT2D eigenvalue weighted by Crippen LogP contribution is -2.34. The van der Waals surface area contributed by atoms with E-state index in [1.807, 2.05) is 0 Å². The number of hydrogen-bond acceptors (Lipinski definition) is 2. The van der Waals surface area contributed by atoms with Crippen molar-refractivity contribution in [3.8, 4) is 11.1 Å². The molecule has 6 heteroatoms. The van der Waals surface area contributed by atoms with Crippen molar-refractivity contribution in [3.63, 3.8) is 0 Å². The second-order valence-corrected chi connectivity index (χ2v) is 7.15. The van der Waals surface area contributed by atoms with Gasteiger partial charge < -0.3 is 10.6 Å². The molecule has 0 saturated carbocycles.